The Morgan fingerprint density at radius 3 is 2.33 bits per heavy atom. The molecule has 1 heteroatoms. The first-order valence-corrected chi connectivity index (χ1v) is 7.57. The summed E-state index contributed by atoms with van der Waals surface area (Å²) < 4.78 is 0. The van der Waals surface area contributed by atoms with Crippen LogP contribution >= 0.6 is 0 Å². The molecule has 0 amide bonds. The topological polar surface area (TPSA) is 20.2 Å². The van der Waals surface area contributed by atoms with Gasteiger partial charge in [-0.05, 0) is 42.7 Å². The predicted octanol–water partition coefficient (Wildman–Crippen LogP) is 3.88. The largest absolute Gasteiger partial charge is 0.389 e. The Bertz CT molecular complexity index is 404. The van der Waals surface area contributed by atoms with E-state index in [1.165, 1.54) is 49.7 Å². The maximum Gasteiger partial charge on any atom is 0.0719 e. The summed E-state index contributed by atoms with van der Waals surface area (Å²) in [4.78, 5) is 0. The summed E-state index contributed by atoms with van der Waals surface area (Å²) in [6, 6.07) is 8.66. The van der Waals surface area contributed by atoms with E-state index in [4.69, 9.17) is 0 Å². The van der Waals surface area contributed by atoms with Crippen molar-refractivity contribution in [1.29, 1.82) is 0 Å². The molecular formula is C17H24O. The minimum Gasteiger partial charge on any atom is -0.389 e. The second-order valence-electron chi connectivity index (χ2n) is 6.24. The van der Waals surface area contributed by atoms with Crippen LogP contribution in [0.2, 0.25) is 0 Å². The quantitative estimate of drug-likeness (QED) is 0.743. The molecule has 0 bridgehead atoms. The minimum atomic E-state index is -0.418. The zero-order valence-electron chi connectivity index (χ0n) is 11.2. The fourth-order valence-corrected chi connectivity index (χ4v) is 3.91. The SMILES string of the molecule is OC1(C2CCCCCC2)CCc2ccccc2C1. The minimum absolute atomic E-state index is 0.418. The summed E-state index contributed by atoms with van der Waals surface area (Å²) in [7, 11) is 0. The van der Waals surface area contributed by atoms with Crippen molar-refractivity contribution in [2.24, 2.45) is 5.92 Å². The van der Waals surface area contributed by atoms with E-state index in [-0.39, 0.29) is 0 Å². The molecule has 98 valence electrons. The Kier molecular flexibility index (Phi) is 3.43. The summed E-state index contributed by atoms with van der Waals surface area (Å²) in [5, 5.41) is 11.1. The van der Waals surface area contributed by atoms with Crippen LogP contribution in [-0.2, 0) is 12.8 Å². The molecule has 18 heavy (non-hydrogen) atoms. The lowest BCUT2D eigenvalue weighted by Gasteiger charge is -2.40. The highest BCUT2D eigenvalue weighted by Crippen LogP contribution is 2.40. The van der Waals surface area contributed by atoms with Gasteiger partial charge in [0.1, 0.15) is 0 Å². The van der Waals surface area contributed by atoms with E-state index in [0.29, 0.717) is 5.92 Å². The molecule has 1 saturated carbocycles. The van der Waals surface area contributed by atoms with Gasteiger partial charge in [0, 0.05) is 6.42 Å². The van der Waals surface area contributed by atoms with Crippen LogP contribution in [0.15, 0.2) is 24.3 Å². The van der Waals surface area contributed by atoms with Crippen molar-refractivity contribution in [3.8, 4) is 0 Å². The lowest BCUT2D eigenvalue weighted by molar-refractivity contribution is -0.0363. The summed E-state index contributed by atoms with van der Waals surface area (Å²) in [6.07, 6.45) is 10.7. The van der Waals surface area contributed by atoms with Crippen LogP contribution in [0, 0.1) is 5.92 Å². The van der Waals surface area contributed by atoms with Gasteiger partial charge in [-0.15, -0.1) is 0 Å². The number of benzene rings is 1. The van der Waals surface area contributed by atoms with Crippen molar-refractivity contribution in [2.45, 2.75) is 63.4 Å². The number of aliphatic hydroxyl groups is 1. The van der Waals surface area contributed by atoms with Gasteiger partial charge >= 0.3 is 0 Å². The fraction of sp³-hybridized carbons (Fsp3) is 0.647. The molecule has 0 aromatic heterocycles. The molecule has 1 aromatic rings. The van der Waals surface area contributed by atoms with E-state index in [9.17, 15) is 5.11 Å². The average molecular weight is 244 g/mol. The van der Waals surface area contributed by atoms with Crippen LogP contribution in [0.5, 0.6) is 0 Å². The Balaban J connectivity index is 1.79. The molecule has 0 heterocycles. The van der Waals surface area contributed by atoms with Crippen molar-refractivity contribution in [3.63, 3.8) is 0 Å². The first-order chi connectivity index (χ1) is 8.78. The highest BCUT2D eigenvalue weighted by molar-refractivity contribution is 5.31. The van der Waals surface area contributed by atoms with E-state index in [0.717, 1.165) is 19.3 Å². The molecule has 0 radical (unpaired) electrons. The fourth-order valence-electron chi connectivity index (χ4n) is 3.91. The van der Waals surface area contributed by atoms with Crippen LogP contribution < -0.4 is 0 Å². The molecule has 2 aliphatic rings. The van der Waals surface area contributed by atoms with Crippen LogP contribution in [0.25, 0.3) is 0 Å². The third-order valence-corrected chi connectivity index (χ3v) is 5.06. The van der Waals surface area contributed by atoms with Gasteiger partial charge in [0.2, 0.25) is 0 Å². The average Bonchev–Trinajstić information content (AvgIpc) is 2.68. The van der Waals surface area contributed by atoms with E-state index < -0.39 is 5.60 Å². The normalized spacial score (nSPS) is 29.6. The van der Waals surface area contributed by atoms with Gasteiger partial charge < -0.3 is 5.11 Å². The lowest BCUT2D eigenvalue weighted by Crippen LogP contribution is -2.43. The van der Waals surface area contributed by atoms with Crippen LogP contribution in [-0.4, -0.2) is 10.7 Å². The first-order valence-electron chi connectivity index (χ1n) is 7.57. The molecule has 0 spiro atoms. The van der Waals surface area contributed by atoms with Crippen molar-refractivity contribution < 1.29 is 5.11 Å². The molecule has 1 fully saturated rings. The monoisotopic (exact) mass is 244 g/mol. The van der Waals surface area contributed by atoms with Gasteiger partial charge in [0.25, 0.3) is 0 Å². The molecule has 1 atom stereocenters. The van der Waals surface area contributed by atoms with Crippen molar-refractivity contribution in [3.05, 3.63) is 35.4 Å². The lowest BCUT2D eigenvalue weighted by atomic mass is 9.71. The Hall–Kier alpha value is -0.820. The summed E-state index contributed by atoms with van der Waals surface area (Å²) >= 11 is 0. The molecule has 1 nitrogen and oxygen atoms in total. The van der Waals surface area contributed by atoms with Crippen molar-refractivity contribution in [2.75, 3.05) is 0 Å². The second kappa shape index (κ2) is 5.05. The second-order valence-corrected chi connectivity index (χ2v) is 6.24. The Morgan fingerprint density at radius 1 is 0.944 bits per heavy atom. The molecule has 2 aliphatic carbocycles. The number of rotatable bonds is 1. The standard InChI is InChI=1S/C17H24O/c18-17(16-9-3-1-2-4-10-16)12-11-14-7-5-6-8-15(14)13-17/h5-8,16,18H,1-4,9-13H2. The van der Waals surface area contributed by atoms with Gasteiger partial charge in [0.05, 0.1) is 5.60 Å². The maximum absolute atomic E-state index is 11.1. The van der Waals surface area contributed by atoms with Crippen LogP contribution in [0.4, 0.5) is 0 Å². The van der Waals surface area contributed by atoms with Gasteiger partial charge in [0.15, 0.2) is 0 Å². The molecule has 1 N–H and O–H groups in total. The van der Waals surface area contributed by atoms with Crippen LogP contribution in [0.1, 0.15) is 56.1 Å². The maximum atomic E-state index is 11.1. The molecule has 0 aliphatic heterocycles. The summed E-state index contributed by atoms with van der Waals surface area (Å²) in [5.74, 6) is 0.536. The highest BCUT2D eigenvalue weighted by Gasteiger charge is 2.39. The van der Waals surface area contributed by atoms with E-state index in [1.54, 1.807) is 0 Å². The Morgan fingerprint density at radius 2 is 1.61 bits per heavy atom. The molecule has 1 unspecified atom stereocenters. The van der Waals surface area contributed by atoms with E-state index in [2.05, 4.69) is 24.3 Å². The summed E-state index contributed by atoms with van der Waals surface area (Å²) in [6.45, 7) is 0. The smallest absolute Gasteiger partial charge is 0.0719 e. The van der Waals surface area contributed by atoms with Crippen molar-refractivity contribution >= 4 is 0 Å². The van der Waals surface area contributed by atoms with E-state index >= 15 is 0 Å². The third-order valence-electron chi connectivity index (χ3n) is 5.06. The van der Waals surface area contributed by atoms with Gasteiger partial charge in [-0.1, -0.05) is 49.9 Å². The predicted molar refractivity (Wildman–Crippen MR) is 74.6 cm³/mol. The van der Waals surface area contributed by atoms with E-state index in [1.807, 2.05) is 0 Å². The third kappa shape index (κ3) is 2.33. The molecule has 0 saturated heterocycles. The zero-order valence-corrected chi connectivity index (χ0v) is 11.2. The Labute approximate surface area is 110 Å². The number of fused-ring (bicyclic) bond motifs is 1. The number of aryl methyl sites for hydroxylation is 1. The molecule has 3 rings (SSSR count). The number of hydrogen-bond acceptors (Lipinski definition) is 1. The number of hydrogen-bond donors (Lipinski definition) is 1. The van der Waals surface area contributed by atoms with Gasteiger partial charge in [-0.3, -0.25) is 0 Å². The van der Waals surface area contributed by atoms with Crippen molar-refractivity contribution in [1.82, 2.24) is 0 Å². The van der Waals surface area contributed by atoms with Crippen LogP contribution in [0.3, 0.4) is 0 Å². The highest BCUT2D eigenvalue weighted by atomic mass is 16.3. The van der Waals surface area contributed by atoms with Gasteiger partial charge in [-0.2, -0.15) is 0 Å². The summed E-state index contributed by atoms with van der Waals surface area (Å²) in [5.41, 5.74) is 2.42. The first kappa shape index (κ1) is 12.2. The zero-order chi connectivity index (χ0) is 12.4. The molecular weight excluding hydrogens is 220 g/mol. The molecule has 1 aromatic carbocycles. The van der Waals surface area contributed by atoms with Gasteiger partial charge in [-0.25, -0.2) is 0 Å².